The van der Waals surface area contributed by atoms with Gasteiger partial charge in [0, 0.05) is 28.8 Å². The number of fused-ring (bicyclic) bond motifs is 2. The molecule has 0 aliphatic rings. The fourth-order valence-electron chi connectivity index (χ4n) is 4.17. The Bertz CT molecular complexity index is 1490. The summed E-state index contributed by atoms with van der Waals surface area (Å²) in [5, 5.41) is 23.1. The zero-order chi connectivity index (χ0) is 25.5. The molecule has 4 rings (SSSR count). The molecule has 1 atom stereocenters. The number of phenols is 1. The number of hydrogen-bond acceptors (Lipinski definition) is 6. The Hall–Kier alpha value is -4.07. The van der Waals surface area contributed by atoms with Gasteiger partial charge in [-0.1, -0.05) is 32.9 Å². The van der Waals surface area contributed by atoms with Crippen molar-refractivity contribution in [1.82, 2.24) is 5.32 Å². The third-order valence-corrected chi connectivity index (χ3v) is 6.14. The number of nitrogens with one attached hydrogen (secondary N) is 1. The first-order valence-corrected chi connectivity index (χ1v) is 11.2. The van der Waals surface area contributed by atoms with Crippen LogP contribution in [0.15, 0.2) is 56.3 Å². The molecule has 3 N–H and O–H groups in total. The summed E-state index contributed by atoms with van der Waals surface area (Å²) in [6.07, 6.45) is 1.41. The number of amides is 1. The van der Waals surface area contributed by atoms with E-state index < -0.39 is 23.5 Å². The van der Waals surface area contributed by atoms with E-state index in [1.807, 2.05) is 6.07 Å². The zero-order valence-corrected chi connectivity index (χ0v) is 20.0. The van der Waals surface area contributed by atoms with Gasteiger partial charge in [-0.05, 0) is 41.7 Å². The van der Waals surface area contributed by atoms with E-state index in [4.69, 9.17) is 8.83 Å². The number of carboxylic acid groups (broad SMARTS) is 1. The van der Waals surface area contributed by atoms with Crippen LogP contribution in [0.4, 0.5) is 0 Å². The minimum absolute atomic E-state index is 0.0285. The summed E-state index contributed by atoms with van der Waals surface area (Å²) in [4.78, 5) is 37.2. The lowest BCUT2D eigenvalue weighted by molar-refractivity contribution is -0.141. The number of aryl methyl sites for hydroxylation is 1. The Labute approximate surface area is 201 Å². The molecular weight excluding hydrogens is 450 g/mol. The Morgan fingerprint density at radius 1 is 1.06 bits per heavy atom. The van der Waals surface area contributed by atoms with Crippen molar-refractivity contribution in [3.05, 3.63) is 75.3 Å². The van der Waals surface area contributed by atoms with E-state index in [0.29, 0.717) is 27.7 Å². The molecule has 0 radical (unpaired) electrons. The van der Waals surface area contributed by atoms with Gasteiger partial charge in [-0.2, -0.15) is 0 Å². The van der Waals surface area contributed by atoms with E-state index in [0.717, 1.165) is 10.9 Å². The quantitative estimate of drug-likeness (QED) is 0.355. The van der Waals surface area contributed by atoms with Gasteiger partial charge in [-0.25, -0.2) is 9.59 Å². The summed E-state index contributed by atoms with van der Waals surface area (Å²) in [6, 6.07) is 8.45. The second kappa shape index (κ2) is 8.94. The van der Waals surface area contributed by atoms with E-state index in [-0.39, 0.29) is 29.6 Å². The first-order chi connectivity index (χ1) is 16.4. The van der Waals surface area contributed by atoms with Crippen LogP contribution in [0.3, 0.4) is 0 Å². The van der Waals surface area contributed by atoms with Crippen LogP contribution in [-0.2, 0) is 27.8 Å². The molecule has 8 nitrogen and oxygen atoms in total. The first-order valence-electron chi connectivity index (χ1n) is 11.2. The van der Waals surface area contributed by atoms with E-state index in [9.17, 15) is 24.6 Å². The van der Waals surface area contributed by atoms with Crippen LogP contribution in [0.1, 0.15) is 43.0 Å². The third kappa shape index (κ3) is 4.91. The highest BCUT2D eigenvalue weighted by Gasteiger charge is 2.24. The van der Waals surface area contributed by atoms with Crippen molar-refractivity contribution in [2.45, 2.75) is 52.0 Å². The molecule has 0 aliphatic carbocycles. The van der Waals surface area contributed by atoms with E-state index in [1.54, 1.807) is 31.4 Å². The van der Waals surface area contributed by atoms with Crippen molar-refractivity contribution in [3.8, 4) is 5.75 Å². The summed E-state index contributed by atoms with van der Waals surface area (Å²) < 4.78 is 11.2. The number of carbonyl (C=O) groups excluding carboxylic acids is 1. The second-order valence-electron chi connectivity index (χ2n) is 9.74. The number of aromatic hydroxyl groups is 1. The van der Waals surface area contributed by atoms with Gasteiger partial charge >= 0.3 is 11.6 Å². The van der Waals surface area contributed by atoms with Crippen LogP contribution >= 0.6 is 0 Å². The highest BCUT2D eigenvalue weighted by Crippen LogP contribution is 2.35. The van der Waals surface area contributed by atoms with Crippen LogP contribution in [0, 0.1) is 6.92 Å². The van der Waals surface area contributed by atoms with Gasteiger partial charge in [-0.3, -0.25) is 4.79 Å². The maximum atomic E-state index is 12.8. The molecule has 182 valence electrons. The molecule has 2 aromatic carbocycles. The number of carbonyl (C=O) groups is 2. The van der Waals surface area contributed by atoms with Crippen molar-refractivity contribution < 1.29 is 28.6 Å². The van der Waals surface area contributed by atoms with Crippen LogP contribution in [0.5, 0.6) is 5.75 Å². The van der Waals surface area contributed by atoms with Crippen molar-refractivity contribution >= 4 is 33.8 Å². The molecule has 8 heteroatoms. The summed E-state index contributed by atoms with van der Waals surface area (Å²) >= 11 is 0. The highest BCUT2D eigenvalue weighted by atomic mass is 16.4. The van der Waals surface area contributed by atoms with E-state index in [2.05, 4.69) is 26.1 Å². The fraction of sp³-hybridized carbons (Fsp3) is 0.296. The molecule has 0 spiro atoms. The molecule has 0 unspecified atom stereocenters. The lowest BCUT2D eigenvalue weighted by Gasteiger charge is -2.17. The minimum Gasteiger partial charge on any atom is -0.508 e. The van der Waals surface area contributed by atoms with Gasteiger partial charge in [0.25, 0.3) is 0 Å². The standard InChI is InChI=1S/C27H27NO7/c1-14-17-10-19-20(27(2,3)4)13-34-22(19)12-23(17)35-26(33)18(14)11-24(30)28-21(25(31)32)9-15-5-7-16(29)8-6-15/h5-8,10,12-13,21,29H,9,11H2,1-4H3,(H,28,30)(H,31,32)/t21-/m0/s1. The van der Waals surface area contributed by atoms with Crippen molar-refractivity contribution in [2.24, 2.45) is 0 Å². The molecule has 0 aliphatic heterocycles. The SMILES string of the molecule is Cc1c(CC(=O)N[C@@H](Cc2ccc(O)cc2)C(=O)O)c(=O)oc2cc3occ(C(C)(C)C)c3cc12. The molecule has 2 heterocycles. The molecule has 0 saturated heterocycles. The average Bonchev–Trinajstić information content (AvgIpc) is 3.20. The number of rotatable bonds is 6. The number of benzene rings is 2. The van der Waals surface area contributed by atoms with E-state index >= 15 is 0 Å². The zero-order valence-electron chi connectivity index (χ0n) is 20.0. The van der Waals surface area contributed by atoms with Gasteiger partial charge in [0.15, 0.2) is 0 Å². The normalized spacial score (nSPS) is 12.7. The molecule has 0 fully saturated rings. The smallest absolute Gasteiger partial charge is 0.340 e. The number of phenolic OH excluding ortho intramolecular Hbond substituents is 1. The number of hydrogen-bond donors (Lipinski definition) is 3. The first kappa shape index (κ1) is 24.1. The minimum atomic E-state index is -1.20. The predicted octanol–water partition coefficient (Wildman–Crippen LogP) is 4.21. The third-order valence-electron chi connectivity index (χ3n) is 6.14. The fourth-order valence-corrected chi connectivity index (χ4v) is 4.17. The Morgan fingerprint density at radius 2 is 1.74 bits per heavy atom. The maximum absolute atomic E-state index is 12.8. The molecule has 0 saturated carbocycles. The lowest BCUT2D eigenvalue weighted by atomic mass is 9.86. The second-order valence-corrected chi connectivity index (χ2v) is 9.74. The molecule has 0 bridgehead atoms. The molecule has 1 amide bonds. The highest BCUT2D eigenvalue weighted by molar-refractivity contribution is 5.97. The van der Waals surface area contributed by atoms with Gasteiger partial charge in [0.2, 0.25) is 5.91 Å². The predicted molar refractivity (Wildman–Crippen MR) is 131 cm³/mol. The van der Waals surface area contributed by atoms with Crippen molar-refractivity contribution in [3.63, 3.8) is 0 Å². The largest absolute Gasteiger partial charge is 0.508 e. The number of aliphatic carboxylic acids is 1. The van der Waals surface area contributed by atoms with Crippen LogP contribution in [-0.4, -0.2) is 28.1 Å². The van der Waals surface area contributed by atoms with Gasteiger partial charge in [0.05, 0.1) is 18.2 Å². The Balaban J connectivity index is 1.63. The van der Waals surface area contributed by atoms with Crippen molar-refractivity contribution in [2.75, 3.05) is 0 Å². The molecular formula is C27H27NO7. The molecule has 4 aromatic rings. The number of carboxylic acids is 1. The summed E-state index contributed by atoms with van der Waals surface area (Å²) in [5.41, 5.74) is 2.56. The monoisotopic (exact) mass is 477 g/mol. The summed E-state index contributed by atoms with van der Waals surface area (Å²) in [6.45, 7) is 7.97. The maximum Gasteiger partial charge on any atom is 0.340 e. The summed E-state index contributed by atoms with van der Waals surface area (Å²) in [5.74, 6) is -1.75. The van der Waals surface area contributed by atoms with Crippen LogP contribution in [0.2, 0.25) is 0 Å². The van der Waals surface area contributed by atoms with Crippen molar-refractivity contribution in [1.29, 1.82) is 0 Å². The van der Waals surface area contributed by atoms with Crippen LogP contribution < -0.4 is 10.9 Å². The average molecular weight is 478 g/mol. The Morgan fingerprint density at radius 3 is 2.37 bits per heavy atom. The van der Waals surface area contributed by atoms with Gasteiger partial charge in [-0.15, -0.1) is 0 Å². The molecule has 35 heavy (non-hydrogen) atoms. The van der Waals surface area contributed by atoms with Gasteiger partial charge in [0.1, 0.15) is 23.0 Å². The van der Waals surface area contributed by atoms with E-state index in [1.165, 1.54) is 12.1 Å². The Kier molecular flexibility index (Phi) is 6.15. The number of furan rings is 1. The lowest BCUT2D eigenvalue weighted by Crippen LogP contribution is -2.43. The summed E-state index contributed by atoms with van der Waals surface area (Å²) in [7, 11) is 0. The topological polar surface area (TPSA) is 130 Å². The van der Waals surface area contributed by atoms with Crippen LogP contribution in [0.25, 0.3) is 21.9 Å². The van der Waals surface area contributed by atoms with Gasteiger partial charge < -0.3 is 24.4 Å². The molecule has 2 aromatic heterocycles.